The van der Waals surface area contributed by atoms with Gasteiger partial charge in [-0.3, -0.25) is 0 Å². The molecule has 0 radical (unpaired) electrons. The van der Waals surface area contributed by atoms with E-state index in [0.717, 1.165) is 37.4 Å². The maximum absolute atomic E-state index is 15.1. The molecule has 7 nitrogen and oxygen atoms in total. The van der Waals surface area contributed by atoms with Crippen LogP contribution in [0.2, 0.25) is 5.15 Å². The van der Waals surface area contributed by atoms with Crippen molar-refractivity contribution in [2.24, 2.45) is 0 Å². The Morgan fingerprint density at radius 2 is 2.11 bits per heavy atom. The van der Waals surface area contributed by atoms with Gasteiger partial charge in [-0.2, -0.15) is 0 Å². The molecule has 1 unspecified atom stereocenters. The Morgan fingerprint density at radius 3 is 2.96 bits per heavy atom. The molecule has 0 N–H and O–H groups in total. The first kappa shape index (κ1) is 18.1. The fraction of sp³-hybridized carbons (Fsp3) is 0.500. The highest BCUT2D eigenvalue weighted by Gasteiger charge is 2.31. The number of nitrogens with zero attached hydrogens (tertiary/aromatic N) is 7. The van der Waals surface area contributed by atoms with Crippen LogP contribution in [0.25, 0.3) is 22.3 Å². The van der Waals surface area contributed by atoms with Crippen molar-refractivity contribution in [3.05, 3.63) is 17.2 Å². The van der Waals surface area contributed by atoms with Crippen molar-refractivity contribution in [2.45, 2.75) is 50.4 Å². The minimum atomic E-state index is -0.603. The van der Waals surface area contributed by atoms with Gasteiger partial charge >= 0.3 is 0 Å². The third-order valence-corrected chi connectivity index (χ3v) is 6.39. The molecule has 1 fully saturated rings. The third kappa shape index (κ3) is 2.83. The zero-order valence-corrected chi connectivity index (χ0v) is 17.0. The minimum absolute atomic E-state index is 0.193. The van der Waals surface area contributed by atoms with E-state index in [0.29, 0.717) is 34.5 Å². The molecule has 0 saturated carbocycles. The zero-order chi connectivity index (χ0) is 19.3. The highest BCUT2D eigenvalue weighted by molar-refractivity contribution is 7.99. The number of hydrogen-bond donors (Lipinski definition) is 0. The summed E-state index contributed by atoms with van der Waals surface area (Å²) >= 11 is 7.67. The number of aromatic nitrogens is 6. The summed E-state index contributed by atoms with van der Waals surface area (Å²) in [5.41, 5.74) is 1.48. The number of hydrogen-bond acceptors (Lipinski definition) is 7. The van der Waals surface area contributed by atoms with Crippen molar-refractivity contribution in [2.75, 3.05) is 17.2 Å². The number of anilines is 1. The lowest BCUT2D eigenvalue weighted by molar-refractivity contribution is 0.405. The Morgan fingerprint density at radius 1 is 1.21 bits per heavy atom. The molecule has 0 bridgehead atoms. The Balaban J connectivity index is 1.89. The zero-order valence-electron chi connectivity index (χ0n) is 15.4. The largest absolute Gasteiger partial charge is 0.353 e. The van der Waals surface area contributed by atoms with Crippen LogP contribution >= 0.6 is 23.4 Å². The van der Waals surface area contributed by atoms with Crippen molar-refractivity contribution >= 4 is 40.1 Å². The number of fused-ring (bicyclic) bond motifs is 4. The summed E-state index contributed by atoms with van der Waals surface area (Å²) in [6.07, 6.45) is 5.91. The second kappa shape index (κ2) is 7.11. The molecule has 0 amide bonds. The average Bonchev–Trinajstić information content (AvgIpc) is 3.18. The Hall–Kier alpha value is -2.00. The molecule has 3 aromatic rings. The molecule has 28 heavy (non-hydrogen) atoms. The van der Waals surface area contributed by atoms with Gasteiger partial charge in [0, 0.05) is 19.1 Å². The smallest absolute Gasteiger partial charge is 0.190 e. The van der Waals surface area contributed by atoms with Crippen LogP contribution in [-0.4, -0.2) is 48.3 Å². The van der Waals surface area contributed by atoms with Crippen LogP contribution in [0.5, 0.6) is 0 Å². The Labute approximate surface area is 170 Å². The van der Waals surface area contributed by atoms with Gasteiger partial charge in [-0.15, -0.1) is 5.10 Å². The highest BCUT2D eigenvalue weighted by atomic mass is 35.5. The molecule has 0 aromatic carbocycles. The van der Waals surface area contributed by atoms with Crippen molar-refractivity contribution in [1.82, 2.24) is 29.9 Å². The quantitative estimate of drug-likeness (QED) is 0.353. The molecule has 3 aromatic heterocycles. The first-order valence-electron chi connectivity index (χ1n) is 9.52. The number of rotatable bonds is 2. The lowest BCUT2D eigenvalue weighted by atomic mass is 9.99. The second-order valence-electron chi connectivity index (χ2n) is 7.03. The highest BCUT2D eigenvalue weighted by Crippen LogP contribution is 2.40. The summed E-state index contributed by atoms with van der Waals surface area (Å²) in [4.78, 5) is 16.0. The third-order valence-electron chi connectivity index (χ3n) is 5.41. The fourth-order valence-electron chi connectivity index (χ4n) is 4.15. The van der Waals surface area contributed by atoms with Crippen molar-refractivity contribution in [1.29, 1.82) is 0 Å². The lowest BCUT2D eigenvalue weighted by Crippen LogP contribution is -2.40. The number of thioether (sulfide) groups is 1. The summed E-state index contributed by atoms with van der Waals surface area (Å²) in [5, 5.41) is 9.25. The van der Waals surface area contributed by atoms with Crippen LogP contribution < -0.4 is 4.90 Å². The average molecular weight is 420 g/mol. The molecule has 1 atom stereocenters. The fourth-order valence-corrected chi connectivity index (χ4v) is 4.89. The van der Waals surface area contributed by atoms with E-state index in [4.69, 9.17) is 16.6 Å². The summed E-state index contributed by atoms with van der Waals surface area (Å²) < 4.78 is 16.9. The van der Waals surface area contributed by atoms with Gasteiger partial charge in [0.1, 0.15) is 22.7 Å². The summed E-state index contributed by atoms with van der Waals surface area (Å²) in [7, 11) is 0. The van der Waals surface area contributed by atoms with E-state index in [1.165, 1.54) is 18.2 Å². The Kier molecular flexibility index (Phi) is 4.59. The molecule has 10 heteroatoms. The molecule has 0 aliphatic carbocycles. The van der Waals surface area contributed by atoms with Gasteiger partial charge in [0.05, 0.1) is 11.6 Å². The van der Waals surface area contributed by atoms with E-state index >= 15 is 4.39 Å². The maximum Gasteiger partial charge on any atom is 0.190 e. The van der Waals surface area contributed by atoms with E-state index in [-0.39, 0.29) is 10.7 Å². The number of halogens is 2. The van der Waals surface area contributed by atoms with Crippen LogP contribution in [0, 0.1) is 5.82 Å². The van der Waals surface area contributed by atoms with Crippen LogP contribution in [0.15, 0.2) is 11.4 Å². The van der Waals surface area contributed by atoms with Gasteiger partial charge in [0.2, 0.25) is 0 Å². The van der Waals surface area contributed by atoms with E-state index < -0.39 is 5.82 Å². The molecule has 146 valence electrons. The molecule has 2 aliphatic rings. The minimum Gasteiger partial charge on any atom is -0.353 e. The number of pyridine rings is 1. The number of piperidine rings is 1. The predicted molar refractivity (Wildman–Crippen MR) is 107 cm³/mol. The predicted octanol–water partition coefficient (Wildman–Crippen LogP) is 3.95. The van der Waals surface area contributed by atoms with Gasteiger partial charge in [-0.25, -0.2) is 24.0 Å². The van der Waals surface area contributed by atoms with Gasteiger partial charge in [0.15, 0.2) is 16.1 Å². The first-order valence-corrected chi connectivity index (χ1v) is 10.9. The van der Waals surface area contributed by atoms with Crippen LogP contribution in [0.1, 0.15) is 32.6 Å². The molecule has 5 rings (SSSR count). The molecule has 0 spiro atoms. The maximum atomic E-state index is 15.1. The van der Waals surface area contributed by atoms with Gasteiger partial charge in [0.25, 0.3) is 0 Å². The van der Waals surface area contributed by atoms with Crippen LogP contribution in [0.4, 0.5) is 10.2 Å². The molecular weight excluding hydrogens is 401 g/mol. The van der Waals surface area contributed by atoms with Gasteiger partial charge in [-0.05, 0) is 31.4 Å². The second-order valence-corrected chi connectivity index (χ2v) is 8.61. The van der Waals surface area contributed by atoms with Gasteiger partial charge < -0.3 is 4.90 Å². The molecule has 1 saturated heterocycles. The van der Waals surface area contributed by atoms with E-state index in [1.54, 1.807) is 6.20 Å². The first-order chi connectivity index (χ1) is 13.7. The molecule has 5 heterocycles. The lowest BCUT2D eigenvalue weighted by Gasteiger charge is -2.37. The van der Waals surface area contributed by atoms with Crippen molar-refractivity contribution < 1.29 is 4.39 Å². The topological polar surface area (TPSA) is 72.6 Å². The van der Waals surface area contributed by atoms with Crippen molar-refractivity contribution in [3.8, 4) is 11.4 Å². The van der Waals surface area contributed by atoms with Gasteiger partial charge in [-0.1, -0.05) is 35.5 Å². The Bertz CT molecular complexity index is 1060. The molecular formula is C18H19ClFN7S. The van der Waals surface area contributed by atoms with E-state index in [1.807, 2.05) is 11.6 Å². The molecule has 2 aliphatic heterocycles. The monoisotopic (exact) mass is 419 g/mol. The number of aryl methyl sites for hydroxylation is 1. The van der Waals surface area contributed by atoms with Crippen LogP contribution in [0.3, 0.4) is 0 Å². The van der Waals surface area contributed by atoms with Crippen molar-refractivity contribution in [3.63, 3.8) is 0 Å². The SMILES string of the molecule is CCSc1nc2c3c(nc(Cl)c(F)c3n1)-c1cnnn1CCC1CCCCN21. The van der Waals surface area contributed by atoms with E-state index in [9.17, 15) is 0 Å². The summed E-state index contributed by atoms with van der Waals surface area (Å²) in [6.45, 7) is 3.63. The standard InChI is InChI=1S/C18H19ClFN7S/c1-2-28-18-23-15-12-14(22-16(19)13(15)20)11-9-21-25-27(11)8-6-10-5-3-4-7-26(10)17(12)24-18/h9-10H,2-8H2,1H3. The normalized spacial score (nSPS) is 19.0. The summed E-state index contributed by atoms with van der Waals surface area (Å²) in [6, 6.07) is 0.313. The van der Waals surface area contributed by atoms with E-state index in [2.05, 4.69) is 25.2 Å². The summed E-state index contributed by atoms with van der Waals surface area (Å²) in [5.74, 6) is 0.949. The van der Waals surface area contributed by atoms with Crippen LogP contribution in [-0.2, 0) is 6.54 Å².